The summed E-state index contributed by atoms with van der Waals surface area (Å²) in [7, 11) is 0. The third kappa shape index (κ3) is 14.5. The van der Waals surface area contributed by atoms with Gasteiger partial charge in [0.1, 0.15) is 24.4 Å². The fourth-order valence-electron chi connectivity index (χ4n) is 5.07. The zero-order valence-corrected chi connectivity index (χ0v) is 29.8. The molecule has 0 spiro atoms. The predicted molar refractivity (Wildman–Crippen MR) is 184 cm³/mol. The Morgan fingerprint density at radius 3 is 1.28 bits per heavy atom. The molecule has 4 atom stereocenters. The third-order valence-electron chi connectivity index (χ3n) is 7.49. The van der Waals surface area contributed by atoms with Crippen molar-refractivity contribution in [2.45, 2.75) is 103 Å². The second-order valence-corrected chi connectivity index (χ2v) is 14.2. The summed E-state index contributed by atoms with van der Waals surface area (Å²) in [5.41, 5.74) is 0.601. The van der Waals surface area contributed by atoms with Crippen LogP contribution in [-0.4, -0.2) is 106 Å². The van der Waals surface area contributed by atoms with Crippen LogP contribution in [0.3, 0.4) is 0 Å². The maximum atomic E-state index is 12.1. The van der Waals surface area contributed by atoms with Gasteiger partial charge < -0.3 is 49.6 Å². The molecule has 0 saturated carbocycles. The molecule has 0 bridgehead atoms. The van der Waals surface area contributed by atoms with Crippen molar-refractivity contribution in [2.75, 3.05) is 26.2 Å². The van der Waals surface area contributed by atoms with Crippen LogP contribution in [0, 0.1) is 0 Å². The molecule has 2 aromatic rings. The van der Waals surface area contributed by atoms with Crippen molar-refractivity contribution in [3.05, 3.63) is 71.8 Å². The van der Waals surface area contributed by atoms with E-state index in [4.69, 9.17) is 18.9 Å². The number of nitrogens with one attached hydrogen (secondary N) is 2. The van der Waals surface area contributed by atoms with Crippen LogP contribution in [0.2, 0.25) is 0 Å². The Morgan fingerprint density at radius 1 is 0.640 bits per heavy atom. The monoisotopic (exact) mass is 700 g/mol. The first-order valence-corrected chi connectivity index (χ1v) is 16.8. The summed E-state index contributed by atoms with van der Waals surface area (Å²) in [6.45, 7) is 12.0. The summed E-state index contributed by atoms with van der Waals surface area (Å²) >= 11 is 0. The van der Waals surface area contributed by atoms with Crippen molar-refractivity contribution < 1.29 is 48.3 Å². The van der Waals surface area contributed by atoms with Gasteiger partial charge in [-0.05, 0) is 65.5 Å². The average Bonchev–Trinajstić information content (AvgIpc) is 3.04. The number of nitrogens with zero attached hydrogens (tertiary/aromatic N) is 2. The van der Waals surface area contributed by atoms with E-state index < -0.39 is 59.9 Å². The number of β-amino-alcohol motifs (C(OH)–C–C–N with tert-alkyl or cyclic N) is 2. The summed E-state index contributed by atoms with van der Waals surface area (Å²) in [6, 6.07) is 17.9. The van der Waals surface area contributed by atoms with E-state index in [-0.39, 0.29) is 26.3 Å². The molecule has 0 radical (unpaired) electrons. The molecule has 14 heteroatoms. The normalized spacial score (nSPS) is 20.7. The van der Waals surface area contributed by atoms with E-state index in [9.17, 15) is 29.4 Å². The second-order valence-electron chi connectivity index (χ2n) is 14.2. The van der Waals surface area contributed by atoms with Crippen LogP contribution < -0.4 is 10.6 Å². The molecular weight excluding hydrogens is 648 g/mol. The van der Waals surface area contributed by atoms with Crippen LogP contribution >= 0.6 is 0 Å². The van der Waals surface area contributed by atoms with Gasteiger partial charge in [-0.3, -0.25) is 0 Å². The van der Waals surface area contributed by atoms with Gasteiger partial charge >= 0.3 is 24.4 Å². The first kappa shape index (κ1) is 39.9. The van der Waals surface area contributed by atoms with Gasteiger partial charge in [0.25, 0.3) is 0 Å². The summed E-state index contributed by atoms with van der Waals surface area (Å²) < 4.78 is 20.9. The number of ether oxygens (including phenoxy) is 4. The number of benzene rings is 2. The molecule has 2 aliphatic heterocycles. The zero-order valence-electron chi connectivity index (χ0n) is 29.8. The van der Waals surface area contributed by atoms with Crippen LogP contribution in [0.4, 0.5) is 19.2 Å². The number of alkyl carbamates (subject to hydrolysis) is 2. The molecule has 4 amide bonds. The Hall–Kier alpha value is -4.56. The van der Waals surface area contributed by atoms with E-state index in [1.54, 1.807) is 41.5 Å². The number of carbonyl (C=O) groups is 4. The first-order valence-electron chi connectivity index (χ1n) is 16.8. The van der Waals surface area contributed by atoms with Gasteiger partial charge in [0.05, 0.1) is 37.4 Å². The molecule has 2 saturated heterocycles. The fourth-order valence-corrected chi connectivity index (χ4v) is 5.07. The molecule has 2 aliphatic rings. The van der Waals surface area contributed by atoms with Crippen LogP contribution in [0.25, 0.3) is 0 Å². The summed E-state index contributed by atoms with van der Waals surface area (Å²) in [4.78, 5) is 50.7. The second kappa shape index (κ2) is 18.4. The third-order valence-corrected chi connectivity index (χ3v) is 7.49. The van der Waals surface area contributed by atoms with Crippen LogP contribution in [0.1, 0.15) is 65.5 Å². The van der Waals surface area contributed by atoms with E-state index in [1.807, 2.05) is 60.7 Å². The van der Waals surface area contributed by atoms with Crippen LogP contribution in [0.15, 0.2) is 60.7 Å². The van der Waals surface area contributed by atoms with Crippen LogP contribution in [0.5, 0.6) is 0 Å². The number of hydrogen-bond acceptors (Lipinski definition) is 10. The Kier molecular flexibility index (Phi) is 14.7. The highest BCUT2D eigenvalue weighted by atomic mass is 16.6. The summed E-state index contributed by atoms with van der Waals surface area (Å²) in [6.07, 6.45) is -2.97. The Balaban J connectivity index is 0.000000270. The largest absolute Gasteiger partial charge is 0.445 e. The van der Waals surface area contributed by atoms with Gasteiger partial charge in [0, 0.05) is 13.1 Å². The highest BCUT2D eigenvalue weighted by Gasteiger charge is 2.34. The Morgan fingerprint density at radius 2 is 0.980 bits per heavy atom. The zero-order chi connectivity index (χ0) is 36.9. The number of aliphatic hydroxyl groups excluding tert-OH is 2. The number of carbonyl (C=O) groups excluding carboxylic acids is 4. The van der Waals surface area contributed by atoms with E-state index >= 15 is 0 Å². The average molecular weight is 701 g/mol. The van der Waals surface area contributed by atoms with Gasteiger partial charge in [0.15, 0.2) is 0 Å². The highest BCUT2D eigenvalue weighted by molar-refractivity contribution is 5.70. The molecule has 4 N–H and O–H groups in total. The molecule has 4 unspecified atom stereocenters. The number of piperidine rings is 2. The van der Waals surface area contributed by atoms with Gasteiger partial charge in [0.2, 0.25) is 0 Å². The fraction of sp³-hybridized carbons (Fsp3) is 0.556. The minimum absolute atomic E-state index is 0.105. The molecule has 50 heavy (non-hydrogen) atoms. The van der Waals surface area contributed by atoms with Gasteiger partial charge in [-0.25, -0.2) is 19.2 Å². The minimum atomic E-state index is -0.870. The predicted octanol–water partition coefficient (Wildman–Crippen LogP) is 4.57. The quantitative estimate of drug-likeness (QED) is 0.313. The molecule has 2 fully saturated rings. The SMILES string of the molecule is CC(C)(C)OC(=O)NC1CCN(C(=O)OCc2ccccc2)CC1O.CC(C)(C)OC(=O)NC1CCN(C(=O)OCc2ccccc2)CC1O. The van der Waals surface area contributed by atoms with E-state index in [1.165, 1.54) is 9.80 Å². The molecule has 0 aliphatic carbocycles. The lowest BCUT2D eigenvalue weighted by Crippen LogP contribution is -2.55. The summed E-state index contributed by atoms with van der Waals surface area (Å²) in [5, 5.41) is 25.7. The van der Waals surface area contributed by atoms with Gasteiger partial charge in [-0.1, -0.05) is 60.7 Å². The van der Waals surface area contributed by atoms with Crippen molar-refractivity contribution >= 4 is 24.4 Å². The smallest absolute Gasteiger partial charge is 0.410 e. The molecule has 276 valence electrons. The van der Waals surface area contributed by atoms with Crippen LogP contribution in [-0.2, 0) is 32.2 Å². The molecule has 0 aromatic heterocycles. The summed E-state index contributed by atoms with van der Waals surface area (Å²) in [5.74, 6) is 0. The number of hydrogen-bond donors (Lipinski definition) is 4. The Labute approximate surface area is 294 Å². The topological polar surface area (TPSA) is 176 Å². The van der Waals surface area contributed by atoms with Gasteiger partial charge in [-0.2, -0.15) is 0 Å². The number of aliphatic hydroxyl groups is 2. The minimum Gasteiger partial charge on any atom is -0.445 e. The van der Waals surface area contributed by atoms with Crippen molar-refractivity contribution in [3.8, 4) is 0 Å². The van der Waals surface area contributed by atoms with Crippen molar-refractivity contribution in [1.82, 2.24) is 20.4 Å². The molecule has 14 nitrogen and oxygen atoms in total. The molecule has 4 rings (SSSR count). The van der Waals surface area contributed by atoms with E-state index in [0.717, 1.165) is 11.1 Å². The standard InChI is InChI=1S/2C18H26N2O5/c2*1-18(2,3)25-16(22)19-14-9-10-20(11-15(14)21)17(23)24-12-13-7-5-4-6-8-13/h2*4-8,14-15,21H,9-12H2,1-3H3,(H,19,22). The van der Waals surface area contributed by atoms with E-state index in [2.05, 4.69) is 10.6 Å². The van der Waals surface area contributed by atoms with E-state index in [0.29, 0.717) is 25.9 Å². The van der Waals surface area contributed by atoms with Crippen molar-refractivity contribution in [1.29, 1.82) is 0 Å². The highest BCUT2D eigenvalue weighted by Crippen LogP contribution is 2.17. The number of amides is 4. The van der Waals surface area contributed by atoms with Crippen molar-refractivity contribution in [3.63, 3.8) is 0 Å². The number of likely N-dealkylation sites (tertiary alicyclic amines) is 2. The Bertz CT molecular complexity index is 1280. The molecular formula is C36H52N4O10. The van der Waals surface area contributed by atoms with Gasteiger partial charge in [-0.15, -0.1) is 0 Å². The number of rotatable bonds is 6. The van der Waals surface area contributed by atoms with Crippen molar-refractivity contribution in [2.24, 2.45) is 0 Å². The lowest BCUT2D eigenvalue weighted by Gasteiger charge is -2.35. The lowest BCUT2D eigenvalue weighted by molar-refractivity contribution is 0.0150. The maximum Gasteiger partial charge on any atom is 0.410 e. The lowest BCUT2D eigenvalue weighted by atomic mass is 10.0. The molecule has 2 heterocycles. The first-order chi connectivity index (χ1) is 23.5. The molecule has 2 aromatic carbocycles. The maximum absolute atomic E-state index is 12.1.